The van der Waals surface area contributed by atoms with Crippen LogP contribution in [0.15, 0.2) is 54.1 Å². The standard InChI is InChI=1S/C27H29NO4/c1-30-26(29)4-2-3-20-5-11-24(12-6-20)32-18-22-17-31-16-13-25(22)21-7-9-23(10-8-21)27(19-28)14-15-27/h5-12H,2-4,13-18H2,1H3. The Morgan fingerprint density at radius 1 is 1.12 bits per heavy atom. The number of hydrogen-bond acceptors (Lipinski definition) is 5. The van der Waals surface area contributed by atoms with Crippen LogP contribution in [0.3, 0.4) is 0 Å². The van der Waals surface area contributed by atoms with Gasteiger partial charge in [0, 0.05) is 6.42 Å². The van der Waals surface area contributed by atoms with E-state index in [-0.39, 0.29) is 11.4 Å². The summed E-state index contributed by atoms with van der Waals surface area (Å²) in [6.07, 6.45) is 4.83. The molecular formula is C27H29NO4. The second kappa shape index (κ2) is 10.0. The molecule has 1 saturated carbocycles. The summed E-state index contributed by atoms with van der Waals surface area (Å²) in [5.41, 5.74) is 5.68. The van der Waals surface area contributed by atoms with Gasteiger partial charge >= 0.3 is 5.97 Å². The minimum absolute atomic E-state index is 0.171. The summed E-state index contributed by atoms with van der Waals surface area (Å²) in [4.78, 5) is 11.2. The molecule has 0 atom stereocenters. The Bertz CT molecular complexity index is 1010. The normalized spacial score (nSPS) is 16.9. The molecule has 0 bridgehead atoms. The molecule has 2 aliphatic rings. The first-order chi connectivity index (χ1) is 15.6. The highest BCUT2D eigenvalue weighted by molar-refractivity contribution is 5.70. The van der Waals surface area contributed by atoms with Gasteiger partial charge < -0.3 is 14.2 Å². The van der Waals surface area contributed by atoms with Gasteiger partial charge in [-0.25, -0.2) is 0 Å². The number of carbonyl (C=O) groups excluding carboxylic acids is 1. The van der Waals surface area contributed by atoms with Gasteiger partial charge in [-0.3, -0.25) is 4.79 Å². The van der Waals surface area contributed by atoms with E-state index in [0.717, 1.165) is 49.0 Å². The maximum Gasteiger partial charge on any atom is 0.305 e. The molecule has 32 heavy (non-hydrogen) atoms. The Morgan fingerprint density at radius 3 is 2.53 bits per heavy atom. The topological polar surface area (TPSA) is 68.5 Å². The summed E-state index contributed by atoms with van der Waals surface area (Å²) >= 11 is 0. The first kappa shape index (κ1) is 22.1. The van der Waals surface area contributed by atoms with Crippen molar-refractivity contribution in [3.8, 4) is 11.8 Å². The van der Waals surface area contributed by atoms with Crippen LogP contribution in [0.1, 0.15) is 48.8 Å². The average Bonchev–Trinajstić information content (AvgIpc) is 3.65. The molecule has 1 heterocycles. The van der Waals surface area contributed by atoms with Gasteiger partial charge in [0.1, 0.15) is 12.4 Å². The van der Waals surface area contributed by atoms with E-state index < -0.39 is 0 Å². The van der Waals surface area contributed by atoms with Gasteiger partial charge in [0.25, 0.3) is 0 Å². The van der Waals surface area contributed by atoms with Crippen LogP contribution in [-0.4, -0.2) is 32.9 Å². The van der Waals surface area contributed by atoms with Crippen molar-refractivity contribution in [2.24, 2.45) is 0 Å². The fourth-order valence-corrected chi connectivity index (χ4v) is 4.15. The molecule has 5 nitrogen and oxygen atoms in total. The van der Waals surface area contributed by atoms with Gasteiger partial charge in [-0.05, 0) is 72.1 Å². The van der Waals surface area contributed by atoms with Gasteiger partial charge in [-0.1, -0.05) is 36.4 Å². The number of nitrogens with zero attached hydrogens (tertiary/aromatic N) is 1. The number of carbonyl (C=O) groups is 1. The molecule has 0 saturated heterocycles. The SMILES string of the molecule is COC(=O)CCCc1ccc(OCC2=C(c3ccc(C4(C#N)CC4)cc3)CCOC2)cc1. The highest BCUT2D eigenvalue weighted by atomic mass is 16.5. The van der Waals surface area contributed by atoms with E-state index in [1.807, 2.05) is 24.3 Å². The number of rotatable bonds is 9. The molecule has 0 spiro atoms. The summed E-state index contributed by atoms with van der Waals surface area (Å²) in [5.74, 6) is 0.648. The number of esters is 1. The van der Waals surface area contributed by atoms with Crippen molar-refractivity contribution in [1.29, 1.82) is 5.26 Å². The van der Waals surface area contributed by atoms with E-state index in [1.54, 1.807) is 0 Å². The summed E-state index contributed by atoms with van der Waals surface area (Å²) in [5, 5.41) is 9.43. The molecule has 0 amide bonds. The van der Waals surface area contributed by atoms with Crippen molar-refractivity contribution in [2.75, 3.05) is 26.9 Å². The summed E-state index contributed by atoms with van der Waals surface area (Å²) in [7, 11) is 1.42. The van der Waals surface area contributed by atoms with Gasteiger partial charge in [0.15, 0.2) is 0 Å². The Morgan fingerprint density at radius 2 is 1.88 bits per heavy atom. The number of ether oxygens (including phenoxy) is 3. The van der Waals surface area contributed by atoms with E-state index in [9.17, 15) is 10.1 Å². The van der Waals surface area contributed by atoms with E-state index in [0.29, 0.717) is 26.2 Å². The third-order valence-corrected chi connectivity index (χ3v) is 6.36. The average molecular weight is 432 g/mol. The van der Waals surface area contributed by atoms with Crippen LogP contribution < -0.4 is 4.74 Å². The molecule has 1 aliphatic heterocycles. The molecule has 166 valence electrons. The first-order valence-electron chi connectivity index (χ1n) is 11.2. The van der Waals surface area contributed by atoms with E-state index in [2.05, 4.69) is 35.1 Å². The van der Waals surface area contributed by atoms with Crippen molar-refractivity contribution >= 4 is 11.5 Å². The number of hydrogen-bond donors (Lipinski definition) is 0. The van der Waals surface area contributed by atoms with Gasteiger partial charge in [0.05, 0.1) is 31.8 Å². The molecular weight excluding hydrogens is 402 g/mol. The van der Waals surface area contributed by atoms with Crippen molar-refractivity contribution < 1.29 is 19.0 Å². The number of benzene rings is 2. The second-order valence-electron chi connectivity index (χ2n) is 8.52. The smallest absolute Gasteiger partial charge is 0.305 e. The maximum atomic E-state index is 11.2. The quantitative estimate of drug-likeness (QED) is 0.523. The van der Waals surface area contributed by atoms with Crippen LogP contribution in [0.4, 0.5) is 0 Å². The van der Waals surface area contributed by atoms with Crippen molar-refractivity contribution in [1.82, 2.24) is 0 Å². The van der Waals surface area contributed by atoms with Crippen molar-refractivity contribution in [3.63, 3.8) is 0 Å². The summed E-state index contributed by atoms with van der Waals surface area (Å²) in [6.45, 7) is 1.77. The van der Waals surface area contributed by atoms with Crippen LogP contribution in [0.25, 0.3) is 5.57 Å². The van der Waals surface area contributed by atoms with Crippen LogP contribution >= 0.6 is 0 Å². The molecule has 1 aliphatic carbocycles. The number of nitriles is 1. The summed E-state index contributed by atoms with van der Waals surface area (Å²) in [6, 6.07) is 19.0. The van der Waals surface area contributed by atoms with Crippen molar-refractivity contribution in [2.45, 2.75) is 43.9 Å². The van der Waals surface area contributed by atoms with Crippen LogP contribution in [0, 0.1) is 11.3 Å². The molecule has 4 rings (SSSR count). The zero-order valence-electron chi connectivity index (χ0n) is 18.6. The first-order valence-corrected chi connectivity index (χ1v) is 11.2. The zero-order valence-corrected chi connectivity index (χ0v) is 18.6. The van der Waals surface area contributed by atoms with E-state index in [4.69, 9.17) is 9.47 Å². The van der Waals surface area contributed by atoms with Crippen LogP contribution in [0.5, 0.6) is 5.75 Å². The van der Waals surface area contributed by atoms with E-state index in [1.165, 1.54) is 23.8 Å². The second-order valence-corrected chi connectivity index (χ2v) is 8.52. The maximum absolute atomic E-state index is 11.2. The minimum Gasteiger partial charge on any atom is -0.489 e. The lowest BCUT2D eigenvalue weighted by atomic mass is 9.92. The van der Waals surface area contributed by atoms with E-state index >= 15 is 0 Å². The molecule has 0 unspecified atom stereocenters. The largest absolute Gasteiger partial charge is 0.489 e. The predicted octanol–water partition coefficient (Wildman–Crippen LogP) is 4.99. The van der Waals surface area contributed by atoms with Gasteiger partial charge in [-0.2, -0.15) is 5.26 Å². The predicted molar refractivity (Wildman–Crippen MR) is 122 cm³/mol. The van der Waals surface area contributed by atoms with Gasteiger partial charge in [-0.15, -0.1) is 0 Å². The molecule has 0 aromatic heterocycles. The highest BCUT2D eigenvalue weighted by Crippen LogP contribution is 2.47. The third kappa shape index (κ3) is 5.20. The van der Waals surface area contributed by atoms with Crippen LogP contribution in [0.2, 0.25) is 0 Å². The Kier molecular flexibility index (Phi) is 6.92. The fourth-order valence-electron chi connectivity index (χ4n) is 4.15. The molecule has 1 fully saturated rings. The highest BCUT2D eigenvalue weighted by Gasteiger charge is 2.44. The Labute approximate surface area is 189 Å². The van der Waals surface area contributed by atoms with Gasteiger partial charge in [0.2, 0.25) is 0 Å². The lowest BCUT2D eigenvalue weighted by Crippen LogP contribution is -2.16. The Balaban J connectivity index is 1.38. The molecule has 0 N–H and O–H groups in total. The lowest BCUT2D eigenvalue weighted by Gasteiger charge is -2.22. The van der Waals surface area contributed by atoms with Crippen molar-refractivity contribution in [3.05, 3.63) is 70.8 Å². The zero-order chi connectivity index (χ0) is 22.4. The third-order valence-electron chi connectivity index (χ3n) is 6.36. The molecule has 5 heteroatoms. The van der Waals surface area contributed by atoms with Crippen LogP contribution in [-0.2, 0) is 26.1 Å². The monoisotopic (exact) mass is 431 g/mol. The lowest BCUT2D eigenvalue weighted by molar-refractivity contribution is -0.140. The minimum atomic E-state index is -0.250. The molecule has 2 aromatic carbocycles. The molecule has 0 radical (unpaired) electrons. The Hall–Kier alpha value is -3.10. The summed E-state index contributed by atoms with van der Waals surface area (Å²) < 4.78 is 16.4. The fraction of sp³-hybridized carbons (Fsp3) is 0.407. The molecule has 2 aromatic rings. The number of aryl methyl sites for hydroxylation is 1. The number of methoxy groups -OCH3 is 1.